The van der Waals surface area contributed by atoms with E-state index in [1.165, 1.54) is 23.0 Å². The van der Waals surface area contributed by atoms with Crippen LogP contribution in [0.15, 0.2) is 51.9 Å². The van der Waals surface area contributed by atoms with Gasteiger partial charge in [0, 0.05) is 30.4 Å². The number of aliphatic imine (C=N–C) groups is 1. The molecule has 0 aliphatic carbocycles. The molecule has 178 valence electrons. The summed E-state index contributed by atoms with van der Waals surface area (Å²) in [5.74, 6) is 3.15. The fourth-order valence-corrected chi connectivity index (χ4v) is 4.51. The summed E-state index contributed by atoms with van der Waals surface area (Å²) >= 11 is 3.29. The number of phenols is 1. The van der Waals surface area contributed by atoms with E-state index in [1.807, 2.05) is 12.1 Å². The zero-order chi connectivity index (χ0) is 24.5. The number of amides is 2. The van der Waals surface area contributed by atoms with Crippen molar-refractivity contribution in [3.8, 4) is 11.5 Å². The second kappa shape index (κ2) is 9.59. The van der Waals surface area contributed by atoms with Crippen LogP contribution in [0.1, 0.15) is 18.4 Å². The molecule has 12 heteroatoms. The van der Waals surface area contributed by atoms with Gasteiger partial charge in [0.1, 0.15) is 11.5 Å². The van der Waals surface area contributed by atoms with Gasteiger partial charge in [-0.05, 0) is 53.0 Å². The van der Waals surface area contributed by atoms with Crippen LogP contribution < -0.4 is 14.2 Å². The first kappa shape index (κ1) is 24.0. The molecule has 4 rings (SSSR count). The van der Waals surface area contributed by atoms with Crippen LogP contribution in [-0.2, 0) is 10.3 Å². The summed E-state index contributed by atoms with van der Waals surface area (Å²) in [6.45, 7) is 1.50. The summed E-state index contributed by atoms with van der Waals surface area (Å²) in [4.78, 5) is 21.1. The number of piperidine rings is 1. The quantitative estimate of drug-likeness (QED) is 0.552. The lowest BCUT2D eigenvalue weighted by molar-refractivity contribution is -0.291. The molecule has 3 N–H and O–H groups in total. The Morgan fingerprint density at radius 1 is 1.29 bits per heavy atom. The van der Waals surface area contributed by atoms with Gasteiger partial charge in [-0.1, -0.05) is 17.1 Å². The van der Waals surface area contributed by atoms with Crippen molar-refractivity contribution in [1.29, 1.82) is 0 Å². The molecule has 2 heterocycles. The minimum atomic E-state index is -4.15. The van der Waals surface area contributed by atoms with E-state index < -0.39 is 10.3 Å². The van der Waals surface area contributed by atoms with Crippen molar-refractivity contribution in [2.45, 2.75) is 18.9 Å². The van der Waals surface area contributed by atoms with Gasteiger partial charge in [0.25, 0.3) is 0 Å². The zero-order valence-corrected chi connectivity index (χ0v) is 20.7. The molecule has 10 nitrogen and oxygen atoms in total. The second-order valence-electron chi connectivity index (χ2n) is 7.93. The lowest BCUT2D eigenvalue weighted by atomic mass is 10.0. The van der Waals surface area contributed by atoms with E-state index in [9.17, 15) is 18.3 Å². The van der Waals surface area contributed by atoms with Crippen LogP contribution in [0.4, 0.5) is 10.5 Å². The molecule has 0 spiro atoms. The van der Waals surface area contributed by atoms with Crippen LogP contribution in [0.25, 0.3) is 5.70 Å². The summed E-state index contributed by atoms with van der Waals surface area (Å²) in [5.41, 5.74) is 1.84. The highest BCUT2D eigenvalue weighted by atomic mass is 79.9. The van der Waals surface area contributed by atoms with E-state index in [1.54, 1.807) is 30.1 Å². The van der Waals surface area contributed by atoms with Gasteiger partial charge in [-0.3, -0.25) is 4.90 Å². The first-order valence-corrected chi connectivity index (χ1v) is 12.7. The van der Waals surface area contributed by atoms with Crippen LogP contribution in [0, 0.1) is 0 Å². The van der Waals surface area contributed by atoms with Crippen molar-refractivity contribution >= 4 is 55.9 Å². The third-order valence-electron chi connectivity index (χ3n) is 5.66. The molecule has 1 fully saturated rings. The molecule has 0 radical (unpaired) electrons. The number of halogens is 1. The van der Waals surface area contributed by atoms with Crippen molar-refractivity contribution in [3.63, 3.8) is 0 Å². The summed E-state index contributed by atoms with van der Waals surface area (Å²) < 4.78 is 28.9. The second-order valence-corrected chi connectivity index (χ2v) is 9.93. The number of carbonyl (C=O) groups is 1. The average Bonchev–Trinajstić information content (AvgIpc) is 3.29. The van der Waals surface area contributed by atoms with E-state index in [0.717, 1.165) is 31.6 Å². The molecule has 2 aliphatic rings. The number of carbonyl (C=O) groups excluding carboxylic acids is 1. The highest BCUT2D eigenvalue weighted by molar-refractivity contribution is 9.10. The van der Waals surface area contributed by atoms with E-state index >= 15 is 0 Å². The van der Waals surface area contributed by atoms with Crippen LogP contribution in [0.5, 0.6) is 11.5 Å². The fraction of sp³-hybridized carbons (Fsp3) is 0.273. The lowest BCUT2D eigenvalue weighted by Gasteiger charge is -2.35. The first-order valence-electron chi connectivity index (χ1n) is 10.4. The van der Waals surface area contributed by atoms with E-state index in [2.05, 4.69) is 31.7 Å². The Bertz CT molecular complexity index is 1330. The van der Waals surface area contributed by atoms with Crippen molar-refractivity contribution in [1.82, 2.24) is 4.90 Å². The Labute approximate surface area is 205 Å². The molecule has 0 atom stereocenters. The van der Waals surface area contributed by atoms with Gasteiger partial charge in [0.2, 0.25) is 12.0 Å². The summed E-state index contributed by atoms with van der Waals surface area (Å²) in [6.07, 6.45) is 2.92. The maximum Gasteiger partial charge on any atom is 0.450 e. The highest BCUT2D eigenvalue weighted by Crippen LogP contribution is 2.30. The summed E-state index contributed by atoms with van der Waals surface area (Å²) in [5, 5.41) is 14.9. The molecule has 0 aromatic heterocycles. The van der Waals surface area contributed by atoms with Gasteiger partial charge in [0.05, 0.1) is 23.4 Å². The van der Waals surface area contributed by atoms with Crippen LogP contribution >= 0.6 is 15.9 Å². The Morgan fingerprint density at radius 2 is 2.03 bits per heavy atom. The maximum atomic E-state index is 13.0. The predicted molar refractivity (Wildman–Crippen MR) is 132 cm³/mol. The van der Waals surface area contributed by atoms with Gasteiger partial charge in [-0.15, -0.1) is 4.58 Å². The number of hydrogen-bond donors (Lipinski definition) is 2. The van der Waals surface area contributed by atoms with Gasteiger partial charge in [-0.25, -0.2) is 4.79 Å². The third-order valence-corrected chi connectivity index (χ3v) is 6.76. The van der Waals surface area contributed by atoms with Crippen molar-refractivity contribution in [2.75, 3.05) is 25.0 Å². The molecule has 2 amide bonds. The minimum Gasteiger partial charge on any atom is -0.507 e. The van der Waals surface area contributed by atoms with Crippen LogP contribution in [-0.4, -0.2) is 67.4 Å². The van der Waals surface area contributed by atoms with Crippen molar-refractivity contribution in [3.05, 3.63) is 52.5 Å². The summed E-state index contributed by atoms with van der Waals surface area (Å²) in [7, 11) is -2.40. The minimum absolute atomic E-state index is 0.0391. The zero-order valence-electron chi connectivity index (χ0n) is 18.3. The van der Waals surface area contributed by atoms with Crippen LogP contribution in [0.2, 0.25) is 0 Å². The summed E-state index contributed by atoms with van der Waals surface area (Å²) in [6, 6.07) is 11.5. The number of hydrogen-bond acceptors (Lipinski definition) is 7. The number of benzene rings is 2. The number of rotatable bonds is 5. The number of phenolic OH excluding ortho intramolecular Hbond substituents is 1. The number of urea groups is 1. The Morgan fingerprint density at radius 3 is 2.71 bits per heavy atom. The third kappa shape index (κ3) is 5.48. The molecule has 2 aliphatic heterocycles. The molecule has 0 saturated carbocycles. The standard InChI is InChI=1S/C22H22BrN5O5S/c1-26(16-7-9-27(10-8-16)17-5-6-19(23)21(29)12-17)22(30)28-13-20(25-14-28)15-3-2-4-18(11-15)33-34(24,31)32/h2-6,11-12,14,16H,7-10H2,1H3,(H2-,24,29,31,32)/p+1. The smallest absolute Gasteiger partial charge is 0.450 e. The highest BCUT2D eigenvalue weighted by Gasteiger charge is 2.32. The molecular weight excluding hydrogens is 526 g/mol. The maximum absolute atomic E-state index is 13.0. The van der Waals surface area contributed by atoms with Crippen molar-refractivity contribution in [2.24, 2.45) is 10.1 Å². The van der Waals surface area contributed by atoms with Gasteiger partial charge >= 0.3 is 16.3 Å². The Hall–Kier alpha value is -3.18. The largest absolute Gasteiger partial charge is 0.507 e. The number of nitrogens with two attached hydrogens (primary N) is 1. The number of anilines is 1. The number of aromatic hydroxyl groups is 1. The lowest BCUT2D eigenvalue weighted by Crippen LogP contribution is -2.47. The molecule has 1 saturated heterocycles. The van der Waals surface area contributed by atoms with E-state index in [-0.39, 0.29) is 23.6 Å². The van der Waals surface area contributed by atoms with Gasteiger partial charge < -0.3 is 14.2 Å². The first-order chi connectivity index (χ1) is 16.1. The van der Waals surface area contributed by atoms with Crippen molar-refractivity contribution < 1.29 is 27.1 Å². The molecular formula is C22H23BrN5O5S+. The van der Waals surface area contributed by atoms with Gasteiger partial charge in [0.15, 0.2) is 0 Å². The Balaban J connectivity index is 1.43. The molecule has 0 unspecified atom stereocenters. The molecule has 2 aromatic rings. The molecule has 0 bridgehead atoms. The van der Waals surface area contributed by atoms with Gasteiger partial charge in [-0.2, -0.15) is 13.6 Å². The average molecular weight is 549 g/mol. The van der Waals surface area contributed by atoms with E-state index in [0.29, 0.717) is 15.7 Å². The monoisotopic (exact) mass is 548 g/mol. The SMILES string of the molecule is CN(C(=O)[N+]1=C=C(c2cccc(OS(N)(=O)=O)c2)N=C1)C1CCN(c2ccc(Br)c(O)c2)CC1. The number of nitrogens with zero attached hydrogens (tertiary/aromatic N) is 4. The van der Waals surface area contributed by atoms with E-state index in [4.69, 9.17) is 9.32 Å². The molecule has 2 aromatic carbocycles. The Kier molecular flexibility index (Phi) is 6.76. The topological polar surface area (TPSA) is 129 Å². The predicted octanol–water partition coefficient (Wildman–Crippen LogP) is 2.52. The fourth-order valence-electron chi connectivity index (χ4n) is 3.89. The normalized spacial score (nSPS) is 16.3. The van der Waals surface area contributed by atoms with Crippen LogP contribution in [0.3, 0.4) is 0 Å². The molecule has 34 heavy (non-hydrogen) atoms.